The molecule has 84 valence electrons. The van der Waals surface area contributed by atoms with E-state index in [2.05, 4.69) is 4.72 Å². The van der Waals surface area contributed by atoms with Crippen LogP contribution in [0.15, 0.2) is 0 Å². The van der Waals surface area contributed by atoms with Crippen molar-refractivity contribution >= 4 is 21.8 Å². The molecule has 0 bridgehead atoms. The van der Waals surface area contributed by atoms with Gasteiger partial charge in [-0.05, 0) is 26.0 Å². The number of sulfonamides is 1. The van der Waals surface area contributed by atoms with Crippen LogP contribution in [0.1, 0.15) is 19.8 Å². The van der Waals surface area contributed by atoms with Crippen molar-refractivity contribution in [1.82, 2.24) is 4.72 Å². The van der Waals surface area contributed by atoms with Crippen LogP contribution < -0.4 is 10.5 Å². The summed E-state index contributed by atoms with van der Waals surface area (Å²) in [6, 6.07) is 0. The Balaban J connectivity index is 2.44. The van der Waals surface area contributed by atoms with Gasteiger partial charge in [-0.2, -0.15) is 11.8 Å². The molecule has 0 aliphatic heterocycles. The fourth-order valence-electron chi connectivity index (χ4n) is 1.09. The molecule has 4 nitrogen and oxygen atoms in total. The van der Waals surface area contributed by atoms with E-state index in [1.54, 1.807) is 18.7 Å². The zero-order valence-electron chi connectivity index (χ0n) is 8.62. The largest absolute Gasteiger partial charge is 0.329 e. The third-order valence-electron chi connectivity index (χ3n) is 2.70. The molecule has 1 saturated carbocycles. The van der Waals surface area contributed by atoms with Crippen molar-refractivity contribution in [3.05, 3.63) is 0 Å². The van der Waals surface area contributed by atoms with E-state index in [9.17, 15) is 8.42 Å². The second-order valence-electron chi connectivity index (χ2n) is 3.80. The van der Waals surface area contributed by atoms with Gasteiger partial charge in [-0.3, -0.25) is 0 Å². The van der Waals surface area contributed by atoms with E-state index in [0.717, 1.165) is 12.8 Å². The van der Waals surface area contributed by atoms with Crippen LogP contribution in [-0.4, -0.2) is 37.8 Å². The van der Waals surface area contributed by atoms with Gasteiger partial charge in [0.1, 0.15) is 0 Å². The molecule has 1 rings (SSSR count). The Labute approximate surface area is 90.1 Å². The molecule has 0 radical (unpaired) electrons. The lowest BCUT2D eigenvalue weighted by Crippen LogP contribution is -2.40. The number of rotatable bonds is 6. The molecule has 0 heterocycles. The van der Waals surface area contributed by atoms with Gasteiger partial charge < -0.3 is 5.73 Å². The van der Waals surface area contributed by atoms with Crippen LogP contribution in [0.25, 0.3) is 0 Å². The third kappa shape index (κ3) is 2.85. The normalized spacial score (nSPS) is 21.9. The van der Waals surface area contributed by atoms with Gasteiger partial charge in [-0.15, -0.1) is 0 Å². The summed E-state index contributed by atoms with van der Waals surface area (Å²) in [7, 11) is -3.20. The highest BCUT2D eigenvalue weighted by atomic mass is 32.2. The Hall–Kier alpha value is 0.220. The Kier molecular flexibility index (Phi) is 3.85. The molecule has 0 aromatic rings. The van der Waals surface area contributed by atoms with Crippen molar-refractivity contribution in [2.75, 3.05) is 19.3 Å². The predicted molar refractivity (Wildman–Crippen MR) is 60.9 cm³/mol. The van der Waals surface area contributed by atoms with E-state index in [-0.39, 0.29) is 11.3 Å². The summed E-state index contributed by atoms with van der Waals surface area (Å²) < 4.78 is 25.9. The molecule has 0 spiro atoms. The van der Waals surface area contributed by atoms with Crippen molar-refractivity contribution in [1.29, 1.82) is 0 Å². The van der Waals surface area contributed by atoms with Crippen LogP contribution >= 0.6 is 11.8 Å². The Morgan fingerprint density at radius 3 is 2.50 bits per heavy atom. The minimum absolute atomic E-state index is 0.168. The first-order valence-corrected chi connectivity index (χ1v) is 7.46. The van der Waals surface area contributed by atoms with E-state index in [1.807, 2.05) is 6.26 Å². The maximum absolute atomic E-state index is 11.6. The summed E-state index contributed by atoms with van der Waals surface area (Å²) in [4.78, 5) is 0. The first kappa shape index (κ1) is 12.3. The molecule has 0 aromatic heterocycles. The summed E-state index contributed by atoms with van der Waals surface area (Å²) in [6.45, 7) is 2.34. The second-order valence-corrected chi connectivity index (χ2v) is 7.26. The smallest absolute Gasteiger partial charge is 0.215 e. The van der Waals surface area contributed by atoms with Crippen LogP contribution in [0.5, 0.6) is 0 Å². The topological polar surface area (TPSA) is 72.2 Å². The highest BCUT2D eigenvalue weighted by Gasteiger charge is 2.42. The molecule has 1 aliphatic rings. The van der Waals surface area contributed by atoms with Crippen molar-refractivity contribution in [2.45, 2.75) is 29.8 Å². The van der Waals surface area contributed by atoms with E-state index in [0.29, 0.717) is 6.54 Å². The van der Waals surface area contributed by atoms with E-state index < -0.39 is 15.3 Å². The van der Waals surface area contributed by atoms with Crippen LogP contribution in [-0.2, 0) is 10.0 Å². The number of nitrogens with two attached hydrogens (primary N) is 1. The summed E-state index contributed by atoms with van der Waals surface area (Å²) >= 11 is 1.74. The molecule has 1 fully saturated rings. The molecule has 14 heavy (non-hydrogen) atoms. The zero-order chi connectivity index (χ0) is 10.8. The van der Waals surface area contributed by atoms with Gasteiger partial charge >= 0.3 is 0 Å². The van der Waals surface area contributed by atoms with E-state index >= 15 is 0 Å². The minimum atomic E-state index is -3.20. The molecule has 1 aliphatic carbocycles. The van der Waals surface area contributed by atoms with Gasteiger partial charge in [-0.1, -0.05) is 0 Å². The monoisotopic (exact) mass is 238 g/mol. The number of thioether (sulfide) groups is 1. The summed E-state index contributed by atoms with van der Waals surface area (Å²) in [5.41, 5.74) is 5.32. The molecule has 3 N–H and O–H groups in total. The maximum Gasteiger partial charge on any atom is 0.215 e. The highest BCUT2D eigenvalue weighted by Crippen LogP contribution is 2.46. The Morgan fingerprint density at radius 1 is 1.57 bits per heavy atom. The number of hydrogen-bond acceptors (Lipinski definition) is 4. The Bertz CT molecular complexity index is 286. The highest BCUT2D eigenvalue weighted by molar-refractivity contribution is 8.00. The minimum Gasteiger partial charge on any atom is -0.329 e. The van der Waals surface area contributed by atoms with Gasteiger partial charge in [-0.25, -0.2) is 13.1 Å². The average molecular weight is 238 g/mol. The van der Waals surface area contributed by atoms with Gasteiger partial charge in [0, 0.05) is 17.8 Å². The average Bonchev–Trinajstić information content (AvgIpc) is 2.94. The first-order valence-electron chi connectivity index (χ1n) is 4.69. The molecule has 1 unspecified atom stereocenters. The van der Waals surface area contributed by atoms with E-state index in [1.165, 1.54) is 0 Å². The van der Waals surface area contributed by atoms with Crippen molar-refractivity contribution in [2.24, 2.45) is 5.73 Å². The molecular formula is C8H18N2O2S2. The lowest BCUT2D eigenvalue weighted by Gasteiger charge is -2.16. The Morgan fingerprint density at radius 2 is 2.14 bits per heavy atom. The van der Waals surface area contributed by atoms with Gasteiger partial charge in [0.05, 0.1) is 5.25 Å². The number of hydrogen-bond donors (Lipinski definition) is 2. The van der Waals surface area contributed by atoms with Crippen LogP contribution in [0, 0.1) is 0 Å². The van der Waals surface area contributed by atoms with Gasteiger partial charge in [0.25, 0.3) is 0 Å². The summed E-state index contributed by atoms with van der Waals surface area (Å²) in [5, 5.41) is -0.500. The fraction of sp³-hybridized carbons (Fsp3) is 1.00. The van der Waals surface area contributed by atoms with Crippen LogP contribution in [0.2, 0.25) is 0 Å². The lowest BCUT2D eigenvalue weighted by atomic mass is 10.4. The molecule has 0 aromatic carbocycles. The molecule has 0 amide bonds. The maximum atomic E-state index is 11.6. The second kappa shape index (κ2) is 4.38. The molecular weight excluding hydrogens is 220 g/mol. The van der Waals surface area contributed by atoms with Crippen LogP contribution in [0.4, 0.5) is 0 Å². The van der Waals surface area contributed by atoms with E-state index in [4.69, 9.17) is 5.73 Å². The van der Waals surface area contributed by atoms with Gasteiger partial charge in [0.2, 0.25) is 10.0 Å². The fourth-order valence-corrected chi connectivity index (χ4v) is 2.93. The lowest BCUT2D eigenvalue weighted by molar-refractivity contribution is 0.567. The summed E-state index contributed by atoms with van der Waals surface area (Å²) in [5.74, 6) is 0. The number of nitrogens with one attached hydrogen (secondary N) is 1. The van der Waals surface area contributed by atoms with Crippen LogP contribution in [0.3, 0.4) is 0 Å². The quantitative estimate of drug-likeness (QED) is 0.691. The van der Waals surface area contributed by atoms with Gasteiger partial charge in [0.15, 0.2) is 0 Å². The standard InChI is InChI=1S/C8H18N2O2S2/c1-7(5-9)14(11,12)10-6-8(13-2)3-4-8/h7,10H,3-6,9H2,1-2H3. The molecule has 1 atom stereocenters. The zero-order valence-corrected chi connectivity index (χ0v) is 10.2. The van der Waals surface area contributed by atoms with Crippen molar-refractivity contribution in [3.63, 3.8) is 0 Å². The molecule has 6 heteroatoms. The predicted octanol–water partition coefficient (Wildman–Crippen LogP) is 0.149. The third-order valence-corrected chi connectivity index (χ3v) is 5.92. The SMILES string of the molecule is CSC1(CNS(=O)(=O)C(C)CN)CC1. The first-order chi connectivity index (χ1) is 6.46. The van der Waals surface area contributed by atoms with Crippen molar-refractivity contribution < 1.29 is 8.42 Å². The van der Waals surface area contributed by atoms with Crippen molar-refractivity contribution in [3.8, 4) is 0 Å². The molecule has 0 saturated heterocycles. The summed E-state index contributed by atoms with van der Waals surface area (Å²) in [6.07, 6.45) is 4.23.